The zero-order valence-electron chi connectivity index (χ0n) is 25.8. The minimum atomic E-state index is 0.284. The molecule has 46 heavy (non-hydrogen) atoms. The van der Waals surface area contributed by atoms with Crippen LogP contribution in [0.2, 0.25) is 0 Å². The van der Waals surface area contributed by atoms with Gasteiger partial charge in [0.1, 0.15) is 11.2 Å². The lowest BCUT2D eigenvalue weighted by Crippen LogP contribution is -2.34. The molecule has 0 saturated carbocycles. The lowest BCUT2D eigenvalue weighted by Gasteiger charge is -2.37. The number of anilines is 1. The average Bonchev–Trinajstić information content (AvgIpc) is 3.52. The van der Waals surface area contributed by atoms with Crippen LogP contribution in [0.3, 0.4) is 0 Å². The van der Waals surface area contributed by atoms with E-state index in [0.29, 0.717) is 5.92 Å². The first-order valence-corrected chi connectivity index (χ1v) is 16.5. The summed E-state index contributed by atoms with van der Waals surface area (Å²) in [4.78, 5) is 2.58. The predicted molar refractivity (Wildman–Crippen MR) is 194 cm³/mol. The molecule has 9 rings (SSSR count). The molecule has 2 nitrogen and oxygen atoms in total. The molecule has 0 amide bonds. The van der Waals surface area contributed by atoms with Crippen molar-refractivity contribution in [2.24, 2.45) is 0 Å². The van der Waals surface area contributed by atoms with E-state index < -0.39 is 0 Å². The summed E-state index contributed by atoms with van der Waals surface area (Å²) in [5, 5.41) is 7.52. The zero-order valence-corrected chi connectivity index (χ0v) is 25.8. The van der Waals surface area contributed by atoms with Crippen molar-refractivity contribution in [3.05, 3.63) is 169 Å². The van der Waals surface area contributed by atoms with Crippen molar-refractivity contribution in [3.8, 4) is 0 Å². The fourth-order valence-electron chi connectivity index (χ4n) is 7.71. The van der Waals surface area contributed by atoms with Gasteiger partial charge in [-0.3, -0.25) is 0 Å². The first kappa shape index (κ1) is 27.0. The second-order valence-corrected chi connectivity index (χ2v) is 12.8. The first-order chi connectivity index (χ1) is 22.8. The molecule has 2 aliphatic rings. The summed E-state index contributed by atoms with van der Waals surface area (Å²) >= 11 is 0. The highest BCUT2D eigenvalue weighted by atomic mass is 16.3. The van der Waals surface area contributed by atoms with Gasteiger partial charge in [-0.15, -0.1) is 0 Å². The quantitative estimate of drug-likeness (QED) is 0.197. The largest absolute Gasteiger partial charge is 0.456 e. The molecule has 0 aliphatic heterocycles. The Kier molecular flexibility index (Phi) is 6.59. The van der Waals surface area contributed by atoms with E-state index in [9.17, 15) is 0 Å². The van der Waals surface area contributed by atoms with Crippen LogP contribution in [0.25, 0.3) is 49.1 Å². The SMILES string of the molecule is C1=CC(N(C2=CCC(c3ccc4ccccc4c3)CC2)c2ccccc2)CC=C1c1ccc2c(ccc3oc4ccccc4c32)c1. The van der Waals surface area contributed by atoms with E-state index in [0.717, 1.165) is 30.4 Å². The number of hydrogen-bond donors (Lipinski definition) is 0. The third-order valence-electron chi connectivity index (χ3n) is 10.1. The van der Waals surface area contributed by atoms with E-state index in [1.54, 1.807) is 0 Å². The highest BCUT2D eigenvalue weighted by Gasteiger charge is 2.26. The topological polar surface area (TPSA) is 16.4 Å². The summed E-state index contributed by atoms with van der Waals surface area (Å²) in [5.41, 5.74) is 8.61. The standard InChI is InChI=1S/C44H35NO/c1-2-10-37(11-3-1)45(38-22-16-31(17-23-38)34-15-14-30-8-4-5-9-33(30)28-34)39-24-18-32(19-25-39)35-20-26-40-36(29-35)21-27-43-44(40)41-12-6-7-13-42(41)46-43/h1-15,18-22,24,26-29,31,39H,16-17,23,25H2. The molecular weight excluding hydrogens is 558 g/mol. The molecule has 2 aliphatic carbocycles. The molecule has 222 valence electrons. The molecule has 2 unspecified atom stereocenters. The zero-order chi connectivity index (χ0) is 30.5. The molecule has 1 heterocycles. The van der Waals surface area contributed by atoms with Gasteiger partial charge in [0.25, 0.3) is 0 Å². The van der Waals surface area contributed by atoms with Crippen molar-refractivity contribution in [2.75, 3.05) is 4.90 Å². The highest BCUT2D eigenvalue weighted by molar-refractivity contribution is 6.19. The van der Waals surface area contributed by atoms with E-state index in [1.165, 1.54) is 66.8 Å². The normalized spacial score (nSPS) is 18.3. The van der Waals surface area contributed by atoms with Crippen LogP contribution in [-0.4, -0.2) is 6.04 Å². The summed E-state index contributed by atoms with van der Waals surface area (Å²) < 4.78 is 6.14. The number of fused-ring (bicyclic) bond motifs is 6. The number of hydrogen-bond acceptors (Lipinski definition) is 2. The van der Waals surface area contributed by atoms with Gasteiger partial charge in [0.05, 0.1) is 6.04 Å². The van der Waals surface area contributed by atoms with Gasteiger partial charge in [-0.2, -0.15) is 0 Å². The number of rotatable bonds is 5. The second-order valence-electron chi connectivity index (χ2n) is 12.8. The smallest absolute Gasteiger partial charge is 0.136 e. The van der Waals surface area contributed by atoms with Gasteiger partial charge in [0.15, 0.2) is 0 Å². The number of nitrogens with zero attached hydrogens (tertiary/aromatic N) is 1. The molecule has 0 N–H and O–H groups in total. The van der Waals surface area contributed by atoms with Crippen molar-refractivity contribution in [2.45, 2.75) is 37.6 Å². The Balaban J connectivity index is 0.988. The molecular formula is C44H35NO. The lowest BCUT2D eigenvalue weighted by atomic mass is 9.84. The summed E-state index contributed by atoms with van der Waals surface area (Å²) in [6.45, 7) is 0. The fraction of sp³-hybridized carbons (Fsp3) is 0.136. The summed E-state index contributed by atoms with van der Waals surface area (Å²) in [6.07, 6.45) is 14.0. The molecule has 6 aromatic carbocycles. The maximum Gasteiger partial charge on any atom is 0.136 e. The Morgan fingerprint density at radius 3 is 2.28 bits per heavy atom. The van der Waals surface area contributed by atoms with Gasteiger partial charge in [-0.05, 0) is 100 Å². The lowest BCUT2D eigenvalue weighted by molar-refractivity contribution is 0.575. The highest BCUT2D eigenvalue weighted by Crippen LogP contribution is 2.39. The molecule has 7 aromatic rings. The van der Waals surface area contributed by atoms with Gasteiger partial charge >= 0.3 is 0 Å². The third kappa shape index (κ3) is 4.73. The van der Waals surface area contributed by atoms with Gasteiger partial charge in [0, 0.05) is 22.2 Å². The number of allylic oxidation sites excluding steroid dienone is 4. The monoisotopic (exact) mass is 593 g/mol. The van der Waals surface area contributed by atoms with E-state index in [2.05, 4.69) is 151 Å². The number of benzene rings is 6. The second kappa shape index (κ2) is 11.2. The Labute approximate surface area is 269 Å². The van der Waals surface area contributed by atoms with Crippen LogP contribution < -0.4 is 4.90 Å². The summed E-state index contributed by atoms with van der Waals surface area (Å²) in [6, 6.07) is 46.4. The van der Waals surface area contributed by atoms with Crippen LogP contribution in [0.15, 0.2) is 162 Å². The molecule has 1 aromatic heterocycles. The maximum atomic E-state index is 6.14. The molecule has 2 heteroatoms. The van der Waals surface area contributed by atoms with Gasteiger partial charge in [-0.1, -0.05) is 121 Å². The molecule has 0 spiro atoms. The van der Waals surface area contributed by atoms with Crippen LogP contribution in [0, 0.1) is 0 Å². The summed E-state index contributed by atoms with van der Waals surface area (Å²) in [7, 11) is 0. The number of para-hydroxylation sites is 2. The fourth-order valence-corrected chi connectivity index (χ4v) is 7.71. The van der Waals surface area contributed by atoms with E-state index in [1.807, 2.05) is 6.07 Å². The van der Waals surface area contributed by atoms with Gasteiger partial charge in [-0.25, -0.2) is 0 Å². The number of furan rings is 1. The summed E-state index contributed by atoms with van der Waals surface area (Å²) in [5.74, 6) is 0.563. The first-order valence-electron chi connectivity index (χ1n) is 16.5. The van der Waals surface area contributed by atoms with Crippen LogP contribution in [-0.2, 0) is 0 Å². The minimum absolute atomic E-state index is 0.284. The third-order valence-corrected chi connectivity index (χ3v) is 10.1. The van der Waals surface area contributed by atoms with E-state index >= 15 is 0 Å². The van der Waals surface area contributed by atoms with Crippen molar-refractivity contribution >= 4 is 54.7 Å². The van der Waals surface area contributed by atoms with Crippen molar-refractivity contribution in [3.63, 3.8) is 0 Å². The molecule has 0 radical (unpaired) electrons. The van der Waals surface area contributed by atoms with Crippen LogP contribution >= 0.6 is 0 Å². The minimum Gasteiger partial charge on any atom is -0.456 e. The van der Waals surface area contributed by atoms with Gasteiger partial charge in [0.2, 0.25) is 0 Å². The average molecular weight is 594 g/mol. The van der Waals surface area contributed by atoms with Crippen LogP contribution in [0.1, 0.15) is 42.7 Å². The predicted octanol–water partition coefficient (Wildman–Crippen LogP) is 12.0. The molecule has 0 saturated heterocycles. The van der Waals surface area contributed by atoms with E-state index in [-0.39, 0.29) is 6.04 Å². The van der Waals surface area contributed by atoms with Crippen LogP contribution in [0.5, 0.6) is 0 Å². The Morgan fingerprint density at radius 1 is 0.609 bits per heavy atom. The molecule has 0 bridgehead atoms. The van der Waals surface area contributed by atoms with E-state index in [4.69, 9.17) is 4.42 Å². The van der Waals surface area contributed by atoms with Gasteiger partial charge < -0.3 is 9.32 Å². The van der Waals surface area contributed by atoms with Crippen molar-refractivity contribution in [1.29, 1.82) is 0 Å². The molecule has 2 atom stereocenters. The van der Waals surface area contributed by atoms with Crippen molar-refractivity contribution in [1.82, 2.24) is 0 Å². The Morgan fingerprint density at radius 2 is 1.43 bits per heavy atom. The van der Waals surface area contributed by atoms with Crippen molar-refractivity contribution < 1.29 is 4.42 Å². The van der Waals surface area contributed by atoms with Crippen LogP contribution in [0.4, 0.5) is 5.69 Å². The molecule has 0 fully saturated rings. The maximum absolute atomic E-state index is 6.14. The Bertz CT molecular complexity index is 2340. The Hall–Kier alpha value is -5.34.